The number of carbonyl (C=O) groups is 2. The molecule has 0 atom stereocenters. The highest BCUT2D eigenvalue weighted by atomic mass is 16.5. The van der Waals surface area contributed by atoms with E-state index in [1.807, 2.05) is 24.3 Å². The fraction of sp³-hybridized carbons (Fsp3) is 0.167. The van der Waals surface area contributed by atoms with E-state index in [0.717, 1.165) is 0 Å². The Hall–Kier alpha value is -2.95. The molecular weight excluding hydrogens is 294 g/mol. The quantitative estimate of drug-likeness (QED) is 0.457. The third kappa shape index (κ3) is 2.61. The van der Waals surface area contributed by atoms with Gasteiger partial charge in [0.25, 0.3) is 0 Å². The van der Waals surface area contributed by atoms with Crippen LogP contribution in [0.25, 0.3) is 21.8 Å². The number of carboxylic acids is 1. The minimum atomic E-state index is -0.985. The molecule has 5 heteroatoms. The lowest BCUT2D eigenvalue weighted by molar-refractivity contribution is -0.633. The Kier molecular flexibility index (Phi) is 3.93. The molecule has 3 aromatic rings. The second-order valence-electron chi connectivity index (χ2n) is 5.11. The zero-order valence-corrected chi connectivity index (χ0v) is 12.7. The Balaban J connectivity index is 2.39. The van der Waals surface area contributed by atoms with Gasteiger partial charge in [-0.3, -0.25) is 0 Å². The molecule has 0 aliphatic heterocycles. The molecule has 0 aliphatic carbocycles. The molecule has 0 saturated heterocycles. The second kappa shape index (κ2) is 6.04. The van der Waals surface area contributed by atoms with Crippen LogP contribution >= 0.6 is 0 Å². The lowest BCUT2D eigenvalue weighted by Gasteiger charge is -2.09. The van der Waals surface area contributed by atoms with Gasteiger partial charge in [0.2, 0.25) is 17.6 Å². The molecule has 0 bridgehead atoms. The van der Waals surface area contributed by atoms with E-state index in [1.165, 1.54) is 0 Å². The fourth-order valence-electron chi connectivity index (χ4n) is 2.85. The van der Waals surface area contributed by atoms with Crippen LogP contribution in [-0.2, 0) is 16.1 Å². The summed E-state index contributed by atoms with van der Waals surface area (Å²) < 4.78 is 6.85. The van der Waals surface area contributed by atoms with Crippen LogP contribution in [0.5, 0.6) is 0 Å². The van der Waals surface area contributed by atoms with Crippen molar-refractivity contribution in [3.8, 4) is 0 Å². The zero-order valence-electron chi connectivity index (χ0n) is 12.7. The average Bonchev–Trinajstić information content (AvgIpc) is 2.54. The predicted molar refractivity (Wildman–Crippen MR) is 85.2 cm³/mol. The summed E-state index contributed by atoms with van der Waals surface area (Å²) in [6, 6.07) is 14.4. The van der Waals surface area contributed by atoms with E-state index in [4.69, 9.17) is 4.74 Å². The van der Waals surface area contributed by atoms with Crippen LogP contribution in [0.15, 0.2) is 48.5 Å². The Morgan fingerprint density at radius 2 is 1.52 bits per heavy atom. The van der Waals surface area contributed by atoms with Crippen molar-refractivity contribution in [2.45, 2.75) is 13.5 Å². The minimum absolute atomic E-state index is 0.0365. The number of esters is 1. The normalized spacial score (nSPS) is 10.8. The van der Waals surface area contributed by atoms with E-state index in [9.17, 15) is 14.7 Å². The minimum Gasteiger partial charge on any atom is -0.478 e. The van der Waals surface area contributed by atoms with Gasteiger partial charge in [0, 0.05) is 12.1 Å². The third-order valence-corrected chi connectivity index (χ3v) is 3.73. The van der Waals surface area contributed by atoms with Gasteiger partial charge < -0.3 is 9.84 Å². The SMILES string of the molecule is CCOC(=O)C[n+]1c2ccccc2c(C(=O)O)c2ccccc21. The van der Waals surface area contributed by atoms with Crippen molar-refractivity contribution in [3.05, 3.63) is 54.1 Å². The average molecular weight is 310 g/mol. The van der Waals surface area contributed by atoms with Crippen LogP contribution in [0.4, 0.5) is 0 Å². The molecule has 0 amide bonds. The first-order valence-corrected chi connectivity index (χ1v) is 7.35. The van der Waals surface area contributed by atoms with Crippen molar-refractivity contribution >= 4 is 33.7 Å². The van der Waals surface area contributed by atoms with Crippen molar-refractivity contribution in [2.24, 2.45) is 0 Å². The van der Waals surface area contributed by atoms with Crippen molar-refractivity contribution in [3.63, 3.8) is 0 Å². The molecule has 2 aromatic carbocycles. The molecule has 5 nitrogen and oxygen atoms in total. The van der Waals surface area contributed by atoms with Crippen LogP contribution in [0.1, 0.15) is 17.3 Å². The summed E-state index contributed by atoms with van der Waals surface area (Å²) in [4.78, 5) is 23.7. The number of hydrogen-bond acceptors (Lipinski definition) is 3. The zero-order chi connectivity index (χ0) is 16.4. The number of nitrogens with zero attached hydrogens (tertiary/aromatic N) is 1. The molecule has 1 aromatic heterocycles. The van der Waals surface area contributed by atoms with Gasteiger partial charge in [-0.1, -0.05) is 24.3 Å². The summed E-state index contributed by atoms with van der Waals surface area (Å²) in [6.45, 7) is 2.10. The maximum absolute atomic E-state index is 12.0. The topological polar surface area (TPSA) is 67.5 Å². The number of pyridine rings is 1. The van der Waals surface area contributed by atoms with Crippen molar-refractivity contribution in [1.29, 1.82) is 0 Å². The van der Waals surface area contributed by atoms with Gasteiger partial charge in [-0.15, -0.1) is 0 Å². The van der Waals surface area contributed by atoms with Crippen LogP contribution < -0.4 is 4.57 Å². The Labute approximate surface area is 132 Å². The largest absolute Gasteiger partial charge is 0.478 e. The molecule has 1 N–H and O–H groups in total. The van der Waals surface area contributed by atoms with E-state index in [0.29, 0.717) is 28.4 Å². The highest BCUT2D eigenvalue weighted by Gasteiger charge is 2.25. The maximum atomic E-state index is 12.0. The Bertz CT molecular complexity index is 860. The third-order valence-electron chi connectivity index (χ3n) is 3.73. The number of carbonyl (C=O) groups excluding carboxylic acids is 1. The molecule has 0 radical (unpaired) electrons. The summed E-state index contributed by atoms with van der Waals surface area (Å²) in [5.74, 6) is -1.34. The van der Waals surface area contributed by atoms with Crippen LogP contribution in [0.3, 0.4) is 0 Å². The standard InChI is InChI=1S/C18H15NO4/c1-2-23-16(20)11-19-14-9-5-3-7-12(14)17(18(21)22)13-8-4-6-10-15(13)19/h3-10H,2,11H2,1H3/p+1. The first kappa shape index (κ1) is 15.0. The number of carboxylic acid groups (broad SMARTS) is 1. The summed E-state index contributed by atoms with van der Waals surface area (Å²) >= 11 is 0. The lowest BCUT2D eigenvalue weighted by atomic mass is 10.0. The molecule has 3 rings (SSSR count). The number of rotatable bonds is 4. The summed E-state index contributed by atoms with van der Waals surface area (Å²) in [5.41, 5.74) is 1.63. The highest BCUT2D eigenvalue weighted by molar-refractivity contribution is 6.12. The van der Waals surface area contributed by atoms with Gasteiger partial charge in [0.05, 0.1) is 22.9 Å². The van der Waals surface area contributed by atoms with Crippen molar-refractivity contribution in [2.75, 3.05) is 6.61 Å². The van der Waals surface area contributed by atoms with Gasteiger partial charge in [0.15, 0.2) is 0 Å². The Morgan fingerprint density at radius 3 is 2.00 bits per heavy atom. The second-order valence-corrected chi connectivity index (χ2v) is 5.11. The number of aromatic carboxylic acids is 1. The van der Waals surface area contributed by atoms with E-state index in [-0.39, 0.29) is 18.1 Å². The number of para-hydroxylation sites is 2. The number of ether oxygens (including phenoxy) is 1. The maximum Gasteiger partial charge on any atom is 0.372 e. The lowest BCUT2D eigenvalue weighted by Crippen LogP contribution is -2.40. The van der Waals surface area contributed by atoms with Crippen LogP contribution in [0, 0.1) is 0 Å². The Morgan fingerprint density at radius 1 is 1.00 bits per heavy atom. The van der Waals surface area contributed by atoms with Crippen LogP contribution in [-0.4, -0.2) is 23.7 Å². The van der Waals surface area contributed by atoms with Gasteiger partial charge in [0.1, 0.15) is 0 Å². The molecule has 0 unspecified atom stereocenters. The van der Waals surface area contributed by atoms with E-state index < -0.39 is 5.97 Å². The smallest absolute Gasteiger partial charge is 0.372 e. The summed E-state index contributed by atoms with van der Waals surface area (Å²) in [7, 11) is 0. The molecule has 116 valence electrons. The first-order chi connectivity index (χ1) is 11.1. The molecule has 23 heavy (non-hydrogen) atoms. The number of aromatic nitrogens is 1. The van der Waals surface area contributed by atoms with E-state index >= 15 is 0 Å². The molecule has 0 fully saturated rings. The van der Waals surface area contributed by atoms with E-state index in [1.54, 1.807) is 35.8 Å². The summed E-state index contributed by atoms with van der Waals surface area (Å²) in [5, 5.41) is 10.8. The van der Waals surface area contributed by atoms with E-state index in [2.05, 4.69) is 0 Å². The fourth-order valence-corrected chi connectivity index (χ4v) is 2.85. The molecule has 1 heterocycles. The predicted octanol–water partition coefficient (Wildman–Crippen LogP) is 2.54. The highest BCUT2D eigenvalue weighted by Crippen LogP contribution is 2.24. The van der Waals surface area contributed by atoms with Gasteiger partial charge in [-0.25, -0.2) is 9.59 Å². The molecular formula is C18H16NO4+. The molecule has 0 saturated carbocycles. The van der Waals surface area contributed by atoms with Gasteiger partial charge in [-0.2, -0.15) is 4.57 Å². The number of benzene rings is 2. The van der Waals surface area contributed by atoms with Gasteiger partial charge >= 0.3 is 11.9 Å². The van der Waals surface area contributed by atoms with Crippen LogP contribution in [0.2, 0.25) is 0 Å². The molecule has 0 spiro atoms. The molecule has 0 aliphatic rings. The van der Waals surface area contributed by atoms with Crippen molar-refractivity contribution in [1.82, 2.24) is 0 Å². The monoisotopic (exact) mass is 310 g/mol. The van der Waals surface area contributed by atoms with Gasteiger partial charge in [-0.05, 0) is 19.1 Å². The first-order valence-electron chi connectivity index (χ1n) is 7.35. The number of hydrogen-bond donors (Lipinski definition) is 1. The van der Waals surface area contributed by atoms with Crippen molar-refractivity contribution < 1.29 is 24.0 Å². The summed E-state index contributed by atoms with van der Waals surface area (Å²) in [6.07, 6.45) is 0. The number of fused-ring (bicyclic) bond motifs is 2.